The maximum absolute atomic E-state index is 13.8. The van der Waals surface area contributed by atoms with Gasteiger partial charge in [-0.3, -0.25) is 4.79 Å². The quantitative estimate of drug-likeness (QED) is 0.399. The fourth-order valence-corrected chi connectivity index (χ4v) is 4.18. The highest BCUT2D eigenvalue weighted by Gasteiger charge is 2.37. The molecule has 0 saturated carbocycles. The lowest BCUT2D eigenvalue weighted by atomic mass is 10.1. The van der Waals surface area contributed by atoms with Gasteiger partial charge in [0.1, 0.15) is 30.3 Å². The lowest BCUT2D eigenvalue weighted by molar-refractivity contribution is -0.322. The van der Waals surface area contributed by atoms with Gasteiger partial charge in [0.2, 0.25) is 11.8 Å². The van der Waals surface area contributed by atoms with E-state index in [4.69, 9.17) is 24.0 Å². The van der Waals surface area contributed by atoms with Crippen molar-refractivity contribution >= 4 is 17.5 Å². The summed E-state index contributed by atoms with van der Waals surface area (Å²) in [7, 11) is 1.41. The Balaban J connectivity index is 1.39. The van der Waals surface area contributed by atoms with Crippen molar-refractivity contribution in [2.24, 2.45) is 0 Å². The van der Waals surface area contributed by atoms with Gasteiger partial charge in [-0.1, -0.05) is 12.1 Å². The molecule has 0 spiro atoms. The third kappa shape index (κ3) is 6.21. The Bertz CT molecular complexity index is 1350. The smallest absolute Gasteiger partial charge is 0.423 e. The first-order valence-electron chi connectivity index (χ1n) is 12.1. The number of hydrogen-bond donors (Lipinski definition) is 2. The summed E-state index contributed by atoms with van der Waals surface area (Å²) >= 11 is 0. The number of rotatable bonds is 7. The van der Waals surface area contributed by atoms with Crippen molar-refractivity contribution in [2.45, 2.75) is 38.3 Å². The Morgan fingerprint density at radius 3 is 2.64 bits per heavy atom. The standard InChI is InChI=1S/C26H25F3N4O6/c1-35-22-11-15(23(34)31-17-7-9-36-10-8-17)5-6-20(22)32-25-30-12-19(26(27,28)29)24(33-25)39-21-4-2-3-16-13-37-38-14-18(16)21/h2-6,11-12,17H,7-10,13-14H2,1H3,(H,31,34)(H,30,32,33). The van der Waals surface area contributed by atoms with Crippen LogP contribution in [0.15, 0.2) is 42.6 Å². The number of carbonyl (C=O) groups excluding carboxylic acids is 1. The number of aromatic nitrogens is 2. The molecule has 13 heteroatoms. The molecule has 0 aliphatic carbocycles. The number of alkyl halides is 3. The third-order valence-electron chi connectivity index (χ3n) is 6.26. The molecule has 1 amide bonds. The number of fused-ring (bicyclic) bond motifs is 1. The molecule has 206 valence electrons. The van der Waals surface area contributed by atoms with Crippen LogP contribution in [0.1, 0.15) is 39.9 Å². The van der Waals surface area contributed by atoms with E-state index in [1.54, 1.807) is 24.3 Å². The Morgan fingerprint density at radius 2 is 1.87 bits per heavy atom. The highest BCUT2D eigenvalue weighted by atomic mass is 19.4. The Morgan fingerprint density at radius 1 is 1.08 bits per heavy atom. The van der Waals surface area contributed by atoms with Crippen molar-refractivity contribution in [3.8, 4) is 17.4 Å². The summed E-state index contributed by atoms with van der Waals surface area (Å²) < 4.78 is 57.7. The van der Waals surface area contributed by atoms with Crippen molar-refractivity contribution in [3.63, 3.8) is 0 Å². The minimum Gasteiger partial charge on any atom is -0.495 e. The molecule has 10 nitrogen and oxygen atoms in total. The van der Waals surface area contributed by atoms with E-state index in [0.29, 0.717) is 36.2 Å². The second kappa shape index (κ2) is 11.4. The van der Waals surface area contributed by atoms with Gasteiger partial charge < -0.3 is 24.8 Å². The number of anilines is 2. The molecule has 0 bridgehead atoms. The summed E-state index contributed by atoms with van der Waals surface area (Å²) in [6.45, 7) is 1.32. The molecular formula is C26H25F3N4O6. The Labute approximate surface area is 221 Å². The number of hydrogen-bond acceptors (Lipinski definition) is 9. The second-order valence-electron chi connectivity index (χ2n) is 8.83. The van der Waals surface area contributed by atoms with Crippen LogP contribution >= 0.6 is 0 Å². The van der Waals surface area contributed by atoms with Gasteiger partial charge in [-0.05, 0) is 42.7 Å². The first-order valence-corrected chi connectivity index (χ1v) is 12.1. The van der Waals surface area contributed by atoms with Crippen LogP contribution in [0.5, 0.6) is 17.4 Å². The molecule has 2 aromatic carbocycles. The van der Waals surface area contributed by atoms with Gasteiger partial charge in [0, 0.05) is 36.6 Å². The molecule has 39 heavy (non-hydrogen) atoms. The highest BCUT2D eigenvalue weighted by Crippen LogP contribution is 2.39. The van der Waals surface area contributed by atoms with Gasteiger partial charge in [-0.2, -0.15) is 18.2 Å². The summed E-state index contributed by atoms with van der Waals surface area (Å²) in [5.74, 6) is -0.696. The molecule has 1 fully saturated rings. The van der Waals surface area contributed by atoms with Gasteiger partial charge >= 0.3 is 6.18 Å². The lowest BCUT2D eigenvalue weighted by Crippen LogP contribution is -2.38. The van der Waals surface area contributed by atoms with Crippen LogP contribution in [0.2, 0.25) is 0 Å². The lowest BCUT2D eigenvalue weighted by Gasteiger charge is -2.23. The van der Waals surface area contributed by atoms with Gasteiger partial charge in [0.05, 0.1) is 12.8 Å². The molecule has 0 radical (unpaired) electrons. The van der Waals surface area contributed by atoms with E-state index in [0.717, 1.165) is 18.4 Å². The predicted octanol–water partition coefficient (Wildman–Crippen LogP) is 4.91. The van der Waals surface area contributed by atoms with Gasteiger partial charge in [0.15, 0.2) is 0 Å². The number of halogens is 3. The Hall–Kier alpha value is -3.94. The van der Waals surface area contributed by atoms with Crippen LogP contribution in [-0.2, 0) is 33.9 Å². The van der Waals surface area contributed by atoms with Gasteiger partial charge in [0.25, 0.3) is 5.91 Å². The Kier molecular flexibility index (Phi) is 7.82. The van der Waals surface area contributed by atoms with Gasteiger partial charge in [-0.15, -0.1) is 0 Å². The molecular weight excluding hydrogens is 521 g/mol. The van der Waals surface area contributed by atoms with E-state index in [-0.39, 0.29) is 42.6 Å². The van der Waals surface area contributed by atoms with Crippen LogP contribution in [-0.4, -0.2) is 42.2 Å². The molecule has 1 aromatic heterocycles. The fourth-order valence-electron chi connectivity index (χ4n) is 4.18. The minimum atomic E-state index is -4.76. The van der Waals surface area contributed by atoms with E-state index in [9.17, 15) is 18.0 Å². The third-order valence-corrected chi connectivity index (χ3v) is 6.26. The van der Waals surface area contributed by atoms with E-state index in [2.05, 4.69) is 20.6 Å². The number of carbonyl (C=O) groups is 1. The maximum atomic E-state index is 13.8. The number of methoxy groups -OCH3 is 1. The molecule has 0 unspecified atom stereocenters. The fraction of sp³-hybridized carbons (Fsp3) is 0.346. The number of nitrogens with one attached hydrogen (secondary N) is 2. The van der Waals surface area contributed by atoms with Crippen molar-refractivity contribution < 1.29 is 42.0 Å². The molecule has 1 saturated heterocycles. The first kappa shape index (κ1) is 26.7. The monoisotopic (exact) mass is 546 g/mol. The zero-order chi connectivity index (χ0) is 27.4. The molecule has 2 aliphatic heterocycles. The minimum absolute atomic E-state index is 0.00863. The van der Waals surface area contributed by atoms with Crippen molar-refractivity contribution in [2.75, 3.05) is 25.6 Å². The number of ether oxygens (including phenoxy) is 3. The molecule has 3 heterocycles. The number of nitrogens with zero attached hydrogens (tertiary/aromatic N) is 2. The topological polar surface area (TPSA) is 113 Å². The van der Waals surface area contributed by atoms with Crippen LogP contribution in [0.25, 0.3) is 0 Å². The van der Waals surface area contributed by atoms with Crippen LogP contribution < -0.4 is 20.1 Å². The summed E-state index contributed by atoms with van der Waals surface area (Å²) in [6.07, 6.45) is -2.67. The largest absolute Gasteiger partial charge is 0.495 e. The molecule has 2 N–H and O–H groups in total. The van der Waals surface area contributed by atoms with E-state index < -0.39 is 17.6 Å². The second-order valence-corrected chi connectivity index (χ2v) is 8.83. The predicted molar refractivity (Wildman–Crippen MR) is 131 cm³/mol. The van der Waals surface area contributed by atoms with Crippen LogP contribution in [0, 0.1) is 0 Å². The normalized spacial score (nSPS) is 15.8. The molecule has 0 atom stereocenters. The van der Waals surface area contributed by atoms with Crippen LogP contribution in [0.4, 0.5) is 24.8 Å². The summed E-state index contributed by atoms with van der Waals surface area (Å²) in [5.41, 5.74) is 0.840. The molecule has 3 aromatic rings. The number of amides is 1. The summed E-state index contributed by atoms with van der Waals surface area (Å²) in [4.78, 5) is 30.5. The van der Waals surface area contributed by atoms with Gasteiger partial charge in [-0.25, -0.2) is 14.8 Å². The highest BCUT2D eigenvalue weighted by molar-refractivity contribution is 5.95. The average Bonchev–Trinajstić information content (AvgIpc) is 2.93. The average molecular weight is 547 g/mol. The molecule has 2 aliphatic rings. The van der Waals surface area contributed by atoms with E-state index in [1.165, 1.54) is 19.2 Å². The van der Waals surface area contributed by atoms with Crippen LogP contribution in [0.3, 0.4) is 0 Å². The summed E-state index contributed by atoms with van der Waals surface area (Å²) in [5, 5.41) is 5.82. The van der Waals surface area contributed by atoms with Crippen molar-refractivity contribution in [1.82, 2.24) is 15.3 Å². The summed E-state index contributed by atoms with van der Waals surface area (Å²) in [6, 6.07) is 9.60. The van der Waals surface area contributed by atoms with Crippen molar-refractivity contribution in [1.29, 1.82) is 0 Å². The van der Waals surface area contributed by atoms with Crippen molar-refractivity contribution in [3.05, 3.63) is 64.8 Å². The zero-order valence-electron chi connectivity index (χ0n) is 20.8. The maximum Gasteiger partial charge on any atom is 0.423 e. The first-order chi connectivity index (χ1) is 18.8. The van der Waals surface area contributed by atoms with E-state index >= 15 is 0 Å². The number of benzene rings is 2. The SMILES string of the molecule is COc1cc(C(=O)NC2CCOCC2)ccc1Nc1ncc(C(F)(F)F)c(Oc2cccc3c2COOC3)n1. The zero-order valence-corrected chi connectivity index (χ0v) is 20.8. The van der Waals surface area contributed by atoms with E-state index in [1.807, 2.05) is 0 Å². The molecule has 5 rings (SSSR count).